The van der Waals surface area contributed by atoms with E-state index >= 15 is 0 Å². The molecule has 0 atom stereocenters. The van der Waals surface area contributed by atoms with Gasteiger partial charge in [-0.15, -0.1) is 0 Å². The maximum Gasteiger partial charge on any atom is 0.0860 e. The summed E-state index contributed by atoms with van der Waals surface area (Å²) < 4.78 is 2.03. The number of nitrogens with zero attached hydrogens (tertiary/aromatic N) is 3. The second-order valence-corrected chi connectivity index (χ2v) is 5.96. The Kier molecular flexibility index (Phi) is 7.40. The van der Waals surface area contributed by atoms with Crippen LogP contribution in [0.4, 0.5) is 0 Å². The fourth-order valence-electron chi connectivity index (χ4n) is 2.52. The fraction of sp³-hybridized carbons (Fsp3) is 0.786. The first kappa shape index (κ1) is 17.0. The highest BCUT2D eigenvalue weighted by Crippen LogP contribution is 2.23. The van der Waals surface area contributed by atoms with Crippen molar-refractivity contribution in [1.82, 2.24) is 14.7 Å². The number of aromatic nitrogens is 2. The first-order valence-corrected chi connectivity index (χ1v) is 8.60. The maximum absolute atomic E-state index is 6.41. The highest BCUT2D eigenvalue weighted by atomic mass is 79.9. The van der Waals surface area contributed by atoms with E-state index in [-0.39, 0.29) is 0 Å². The van der Waals surface area contributed by atoms with E-state index in [1.54, 1.807) is 0 Å². The first-order valence-electron chi connectivity index (χ1n) is 7.10. The molecular weight excluding hydrogens is 326 g/mol. The quantitative estimate of drug-likeness (QED) is 0.653. The third-order valence-corrected chi connectivity index (χ3v) is 4.48. The molecule has 0 bridgehead atoms. The average molecular weight is 351 g/mol. The second-order valence-electron chi connectivity index (χ2n) is 4.79. The predicted octanol–water partition coefficient (Wildman–Crippen LogP) is 4.25. The molecular formula is C14H25BrClN3. The molecule has 5 heteroatoms. The highest BCUT2D eigenvalue weighted by molar-refractivity contribution is 9.09. The molecule has 19 heavy (non-hydrogen) atoms. The van der Waals surface area contributed by atoms with Gasteiger partial charge in [-0.2, -0.15) is 5.10 Å². The van der Waals surface area contributed by atoms with Gasteiger partial charge in [0, 0.05) is 31.0 Å². The number of rotatable bonds is 8. The monoisotopic (exact) mass is 349 g/mol. The Balaban J connectivity index is 2.95. The Bertz CT molecular complexity index is 388. The lowest BCUT2D eigenvalue weighted by molar-refractivity contribution is 0.184. The smallest absolute Gasteiger partial charge is 0.0860 e. The summed E-state index contributed by atoms with van der Waals surface area (Å²) in [6, 6.07) is 0.606. The first-order chi connectivity index (χ1) is 9.08. The van der Waals surface area contributed by atoms with Crippen molar-refractivity contribution in [2.24, 2.45) is 0 Å². The molecule has 0 saturated heterocycles. The summed E-state index contributed by atoms with van der Waals surface area (Å²) >= 11 is 9.96. The third kappa shape index (κ3) is 4.20. The van der Waals surface area contributed by atoms with Crippen molar-refractivity contribution in [1.29, 1.82) is 0 Å². The topological polar surface area (TPSA) is 21.1 Å². The molecule has 0 N–H and O–H groups in total. The van der Waals surface area contributed by atoms with E-state index in [1.807, 2.05) is 11.6 Å². The molecule has 0 saturated carbocycles. The zero-order valence-electron chi connectivity index (χ0n) is 12.4. The molecule has 0 radical (unpaired) electrons. The maximum atomic E-state index is 6.41. The Morgan fingerprint density at radius 3 is 2.42 bits per heavy atom. The molecule has 1 aromatic rings. The lowest BCUT2D eigenvalue weighted by Crippen LogP contribution is -2.36. The Morgan fingerprint density at radius 1 is 1.32 bits per heavy atom. The van der Waals surface area contributed by atoms with Gasteiger partial charge >= 0.3 is 0 Å². The van der Waals surface area contributed by atoms with Crippen molar-refractivity contribution in [3.63, 3.8) is 0 Å². The van der Waals surface area contributed by atoms with E-state index in [9.17, 15) is 0 Å². The van der Waals surface area contributed by atoms with Crippen LogP contribution in [0.2, 0.25) is 5.02 Å². The van der Waals surface area contributed by atoms with Gasteiger partial charge in [0.15, 0.2) is 0 Å². The van der Waals surface area contributed by atoms with Crippen molar-refractivity contribution < 1.29 is 0 Å². The lowest BCUT2D eigenvalue weighted by atomic mass is 10.1. The molecule has 1 rings (SSSR count). The van der Waals surface area contributed by atoms with Gasteiger partial charge in [-0.25, -0.2) is 0 Å². The van der Waals surface area contributed by atoms with Crippen LogP contribution in [-0.2, 0) is 13.1 Å². The van der Waals surface area contributed by atoms with Crippen molar-refractivity contribution in [2.45, 2.75) is 59.7 Å². The number of halogens is 2. The molecule has 0 aliphatic heterocycles. The van der Waals surface area contributed by atoms with Crippen LogP contribution >= 0.6 is 27.5 Å². The van der Waals surface area contributed by atoms with Crippen LogP contribution in [0, 0.1) is 6.92 Å². The Hall–Kier alpha value is -0.0600. The van der Waals surface area contributed by atoms with Crippen molar-refractivity contribution in [2.75, 3.05) is 11.9 Å². The highest BCUT2D eigenvalue weighted by Gasteiger charge is 2.20. The van der Waals surface area contributed by atoms with Crippen molar-refractivity contribution in [3.05, 3.63) is 16.4 Å². The molecule has 0 spiro atoms. The molecule has 0 aromatic carbocycles. The van der Waals surface area contributed by atoms with E-state index in [4.69, 9.17) is 11.6 Å². The molecule has 0 aliphatic carbocycles. The van der Waals surface area contributed by atoms with Crippen LogP contribution in [0.5, 0.6) is 0 Å². The van der Waals surface area contributed by atoms with Crippen molar-refractivity contribution >= 4 is 27.5 Å². The van der Waals surface area contributed by atoms with Gasteiger partial charge in [0.25, 0.3) is 0 Å². The largest absolute Gasteiger partial charge is 0.294 e. The third-order valence-electron chi connectivity index (χ3n) is 3.64. The molecule has 0 unspecified atom stereocenters. The van der Waals surface area contributed by atoms with Crippen LogP contribution in [0.15, 0.2) is 0 Å². The van der Waals surface area contributed by atoms with Gasteiger partial charge in [-0.05, 0) is 26.7 Å². The molecule has 0 aliphatic rings. The molecule has 1 aromatic heterocycles. The number of hydrogen-bond acceptors (Lipinski definition) is 2. The van der Waals surface area contributed by atoms with Crippen LogP contribution in [0.1, 0.15) is 45.0 Å². The summed E-state index contributed by atoms with van der Waals surface area (Å²) in [5, 5.41) is 6.31. The fourth-order valence-corrected chi connectivity index (χ4v) is 3.17. The van der Waals surface area contributed by atoms with Crippen LogP contribution < -0.4 is 0 Å². The minimum absolute atomic E-state index is 0.606. The molecule has 110 valence electrons. The molecule has 3 nitrogen and oxygen atoms in total. The normalized spacial score (nSPS) is 11.8. The summed E-state index contributed by atoms with van der Waals surface area (Å²) in [7, 11) is 0. The van der Waals surface area contributed by atoms with Gasteiger partial charge in [0.1, 0.15) is 0 Å². The van der Waals surface area contributed by atoms with E-state index in [2.05, 4.69) is 46.7 Å². The van der Waals surface area contributed by atoms with Gasteiger partial charge in [0.05, 0.1) is 16.4 Å². The number of aryl methyl sites for hydroxylation is 2. The summed E-state index contributed by atoms with van der Waals surface area (Å²) in [5.41, 5.74) is 2.08. The van der Waals surface area contributed by atoms with Gasteiger partial charge in [-0.3, -0.25) is 9.58 Å². The van der Waals surface area contributed by atoms with E-state index in [0.29, 0.717) is 6.04 Å². The summed E-state index contributed by atoms with van der Waals surface area (Å²) in [4.78, 5) is 2.50. The van der Waals surface area contributed by atoms with E-state index in [0.717, 1.165) is 41.4 Å². The SMILES string of the molecule is CCC(CC)N(CCBr)Cc1c(Cl)c(C)nn1CC. The standard InChI is InChI=1S/C14H25BrClN3/c1-5-12(6-2)18(9-8-15)10-13-14(16)11(4)17-19(13)7-3/h12H,5-10H2,1-4H3. The minimum Gasteiger partial charge on any atom is -0.294 e. The number of hydrogen-bond donors (Lipinski definition) is 0. The molecule has 0 fully saturated rings. The van der Waals surface area contributed by atoms with E-state index < -0.39 is 0 Å². The number of alkyl halides is 1. The second kappa shape index (κ2) is 8.28. The summed E-state index contributed by atoms with van der Waals surface area (Å²) in [6.07, 6.45) is 2.33. The Morgan fingerprint density at radius 2 is 1.95 bits per heavy atom. The van der Waals surface area contributed by atoms with Crippen LogP contribution in [0.3, 0.4) is 0 Å². The molecule has 0 amide bonds. The van der Waals surface area contributed by atoms with Crippen LogP contribution in [-0.4, -0.2) is 32.6 Å². The average Bonchev–Trinajstić information content (AvgIpc) is 2.68. The van der Waals surface area contributed by atoms with Gasteiger partial charge in [-0.1, -0.05) is 41.4 Å². The van der Waals surface area contributed by atoms with E-state index in [1.165, 1.54) is 12.8 Å². The van der Waals surface area contributed by atoms with Gasteiger partial charge < -0.3 is 0 Å². The zero-order valence-corrected chi connectivity index (χ0v) is 14.8. The molecule has 1 heterocycles. The lowest BCUT2D eigenvalue weighted by Gasteiger charge is -2.30. The summed E-state index contributed by atoms with van der Waals surface area (Å²) in [5.74, 6) is 0. The predicted molar refractivity (Wildman–Crippen MR) is 86.2 cm³/mol. The zero-order chi connectivity index (χ0) is 14.4. The van der Waals surface area contributed by atoms with Crippen molar-refractivity contribution in [3.8, 4) is 0 Å². The minimum atomic E-state index is 0.606. The van der Waals surface area contributed by atoms with Crippen LogP contribution in [0.25, 0.3) is 0 Å². The summed E-state index contributed by atoms with van der Waals surface area (Å²) in [6.45, 7) is 11.4. The van der Waals surface area contributed by atoms with Gasteiger partial charge in [0.2, 0.25) is 0 Å². The Labute approximate surface area is 130 Å².